The summed E-state index contributed by atoms with van der Waals surface area (Å²) in [5, 5.41) is 0. The maximum atomic E-state index is 11.4. The van der Waals surface area contributed by atoms with Gasteiger partial charge in [0.1, 0.15) is 5.75 Å². The number of ketones is 1. The van der Waals surface area contributed by atoms with Crippen molar-refractivity contribution >= 4 is 13.6 Å². The Bertz CT molecular complexity index is 290. The molecule has 1 aromatic rings. The van der Waals surface area contributed by atoms with Crippen molar-refractivity contribution in [3.63, 3.8) is 0 Å². The lowest BCUT2D eigenvalue weighted by Crippen LogP contribution is -2.05. The lowest BCUT2D eigenvalue weighted by atomic mass is 9.83. The molecule has 0 aliphatic carbocycles. The van der Waals surface area contributed by atoms with E-state index in [4.69, 9.17) is 12.6 Å². The van der Waals surface area contributed by atoms with Crippen LogP contribution >= 0.6 is 0 Å². The lowest BCUT2D eigenvalue weighted by molar-refractivity contribution is 0.0989. The van der Waals surface area contributed by atoms with Crippen LogP contribution in [0.3, 0.4) is 0 Å². The van der Waals surface area contributed by atoms with Gasteiger partial charge in [-0.3, -0.25) is 4.79 Å². The summed E-state index contributed by atoms with van der Waals surface area (Å²) in [6.07, 6.45) is 0. The fraction of sp³-hybridized carbons (Fsp3) is 0.300. The zero-order valence-electron chi connectivity index (χ0n) is 7.78. The molecule has 1 rings (SSSR count). The van der Waals surface area contributed by atoms with Crippen molar-refractivity contribution in [1.29, 1.82) is 0 Å². The minimum absolute atomic E-state index is 0.0531. The van der Waals surface area contributed by atoms with Gasteiger partial charge in [-0.25, -0.2) is 0 Å². The predicted molar refractivity (Wildman–Crippen MR) is 52.5 cm³/mol. The summed E-state index contributed by atoms with van der Waals surface area (Å²) < 4.78 is 4.97. The van der Waals surface area contributed by atoms with Crippen molar-refractivity contribution in [2.24, 2.45) is 0 Å². The van der Waals surface area contributed by atoms with Gasteiger partial charge in [0.25, 0.3) is 0 Å². The minimum atomic E-state index is -0.451. The fourth-order valence-electron chi connectivity index (χ4n) is 1.02. The van der Waals surface area contributed by atoms with Crippen molar-refractivity contribution in [3.05, 3.63) is 29.8 Å². The minimum Gasteiger partial charge on any atom is -0.497 e. The summed E-state index contributed by atoms with van der Waals surface area (Å²) in [7, 11) is 7.04. The molecule has 3 heteroatoms. The van der Waals surface area contributed by atoms with Crippen LogP contribution in [-0.2, 0) is 0 Å². The molecule has 66 valence electrons. The van der Waals surface area contributed by atoms with Gasteiger partial charge < -0.3 is 4.74 Å². The highest BCUT2D eigenvalue weighted by Gasteiger charge is 2.08. The Morgan fingerprint density at radius 2 is 1.92 bits per heavy atom. The van der Waals surface area contributed by atoms with Crippen LogP contribution < -0.4 is 4.74 Å². The SMILES string of the molecule is [B]C(C)C(=O)c1ccc(OC)cc1. The number of methoxy groups -OCH3 is 1. The van der Waals surface area contributed by atoms with Crippen LogP contribution in [-0.4, -0.2) is 20.7 Å². The molecule has 0 amide bonds. The highest BCUT2D eigenvalue weighted by Crippen LogP contribution is 2.15. The maximum absolute atomic E-state index is 11.4. The second-order valence-corrected chi connectivity index (χ2v) is 2.88. The first-order valence-electron chi connectivity index (χ1n) is 4.09. The van der Waals surface area contributed by atoms with Crippen LogP contribution in [0.25, 0.3) is 0 Å². The molecular weight excluding hydrogens is 163 g/mol. The van der Waals surface area contributed by atoms with Crippen LogP contribution in [0.15, 0.2) is 24.3 Å². The number of ether oxygens (including phenoxy) is 1. The summed E-state index contributed by atoms with van der Waals surface area (Å²) >= 11 is 0. The normalized spacial score (nSPS) is 12.2. The van der Waals surface area contributed by atoms with E-state index >= 15 is 0 Å². The largest absolute Gasteiger partial charge is 0.497 e. The van der Waals surface area contributed by atoms with Gasteiger partial charge in [0.05, 0.1) is 15.0 Å². The van der Waals surface area contributed by atoms with Crippen LogP contribution in [0.1, 0.15) is 17.3 Å². The quantitative estimate of drug-likeness (QED) is 0.516. The van der Waals surface area contributed by atoms with Gasteiger partial charge in [-0.05, 0) is 30.1 Å². The molecule has 0 aliphatic heterocycles. The smallest absolute Gasteiger partial charge is 0.157 e. The molecule has 0 N–H and O–H groups in total. The standard InChI is InChI=1S/C10H11BO2/c1-7(11)10(12)8-3-5-9(13-2)6-4-8/h3-7H,1-2H3. The van der Waals surface area contributed by atoms with E-state index in [1.54, 1.807) is 38.3 Å². The van der Waals surface area contributed by atoms with Crippen molar-refractivity contribution < 1.29 is 9.53 Å². The molecule has 2 radical (unpaired) electrons. The first-order valence-corrected chi connectivity index (χ1v) is 4.09. The van der Waals surface area contributed by atoms with Gasteiger partial charge in [0.2, 0.25) is 0 Å². The Kier molecular flexibility index (Phi) is 3.12. The zero-order chi connectivity index (χ0) is 9.84. The molecule has 2 nitrogen and oxygen atoms in total. The number of carbonyl (C=O) groups excluding carboxylic acids is 1. The summed E-state index contributed by atoms with van der Waals surface area (Å²) in [6.45, 7) is 1.67. The Morgan fingerprint density at radius 3 is 2.31 bits per heavy atom. The van der Waals surface area contributed by atoms with Crippen molar-refractivity contribution in [2.45, 2.75) is 12.7 Å². The van der Waals surface area contributed by atoms with E-state index in [9.17, 15) is 4.79 Å². The lowest BCUT2D eigenvalue weighted by Gasteiger charge is -2.04. The average Bonchev–Trinajstić information content (AvgIpc) is 2.17. The van der Waals surface area contributed by atoms with Crippen LogP contribution in [0.5, 0.6) is 5.75 Å². The first kappa shape index (κ1) is 9.84. The molecule has 0 spiro atoms. The van der Waals surface area contributed by atoms with Gasteiger partial charge >= 0.3 is 0 Å². The topological polar surface area (TPSA) is 26.3 Å². The Hall–Kier alpha value is -1.25. The van der Waals surface area contributed by atoms with Crippen molar-refractivity contribution in [3.8, 4) is 5.75 Å². The number of hydrogen-bond donors (Lipinski definition) is 0. The molecule has 0 aliphatic rings. The second-order valence-electron chi connectivity index (χ2n) is 2.88. The summed E-state index contributed by atoms with van der Waals surface area (Å²) in [5.41, 5.74) is 0.621. The van der Waals surface area contributed by atoms with Gasteiger partial charge in [0.15, 0.2) is 5.78 Å². The number of benzene rings is 1. The average molecular weight is 174 g/mol. The van der Waals surface area contributed by atoms with Crippen molar-refractivity contribution in [1.82, 2.24) is 0 Å². The molecule has 0 fully saturated rings. The summed E-state index contributed by atoms with van der Waals surface area (Å²) in [4.78, 5) is 11.4. The molecule has 1 aromatic carbocycles. The first-order chi connectivity index (χ1) is 6.15. The fourth-order valence-corrected chi connectivity index (χ4v) is 1.02. The number of rotatable bonds is 3. The van der Waals surface area contributed by atoms with E-state index in [1.807, 2.05) is 0 Å². The number of hydrogen-bond acceptors (Lipinski definition) is 2. The highest BCUT2D eigenvalue weighted by atomic mass is 16.5. The van der Waals surface area contributed by atoms with Gasteiger partial charge in [-0.1, -0.05) is 6.92 Å². The van der Waals surface area contributed by atoms with Gasteiger partial charge in [-0.2, -0.15) is 0 Å². The third kappa shape index (κ3) is 2.34. The zero-order valence-corrected chi connectivity index (χ0v) is 7.78. The molecule has 0 saturated heterocycles. The molecule has 1 atom stereocenters. The van der Waals surface area contributed by atoms with E-state index in [2.05, 4.69) is 0 Å². The van der Waals surface area contributed by atoms with Gasteiger partial charge in [0, 0.05) is 5.56 Å². The summed E-state index contributed by atoms with van der Waals surface area (Å²) in [5.74, 6) is 0.234. The summed E-state index contributed by atoms with van der Waals surface area (Å²) in [6, 6.07) is 6.92. The molecule has 0 saturated carbocycles. The Labute approximate surface area is 79.3 Å². The van der Waals surface area contributed by atoms with Crippen LogP contribution in [0.2, 0.25) is 5.82 Å². The number of carbonyl (C=O) groups is 1. The molecule has 1 unspecified atom stereocenters. The predicted octanol–water partition coefficient (Wildman–Crippen LogP) is 1.85. The van der Waals surface area contributed by atoms with E-state index in [0.29, 0.717) is 5.56 Å². The van der Waals surface area contributed by atoms with E-state index in [0.717, 1.165) is 5.75 Å². The molecule has 0 heterocycles. The Balaban J connectivity index is 2.86. The van der Waals surface area contributed by atoms with E-state index < -0.39 is 5.82 Å². The third-order valence-electron chi connectivity index (χ3n) is 1.79. The second kappa shape index (κ2) is 4.12. The monoisotopic (exact) mass is 174 g/mol. The van der Waals surface area contributed by atoms with E-state index in [1.165, 1.54) is 0 Å². The molecular formula is C10H11BO2. The van der Waals surface area contributed by atoms with E-state index in [-0.39, 0.29) is 5.78 Å². The van der Waals surface area contributed by atoms with Crippen molar-refractivity contribution in [2.75, 3.05) is 7.11 Å². The van der Waals surface area contributed by atoms with Crippen LogP contribution in [0, 0.1) is 0 Å². The Morgan fingerprint density at radius 1 is 1.38 bits per heavy atom. The number of Topliss-reactive ketones (excluding diaryl/α,β-unsaturated/α-hetero) is 1. The maximum Gasteiger partial charge on any atom is 0.157 e. The molecule has 13 heavy (non-hydrogen) atoms. The highest BCUT2D eigenvalue weighted by molar-refractivity contribution is 6.27. The van der Waals surface area contributed by atoms with Crippen LogP contribution in [0.4, 0.5) is 0 Å². The molecule has 0 bridgehead atoms. The third-order valence-corrected chi connectivity index (χ3v) is 1.79. The van der Waals surface area contributed by atoms with Gasteiger partial charge in [-0.15, -0.1) is 0 Å². The molecule has 0 aromatic heterocycles.